The van der Waals surface area contributed by atoms with Crippen molar-refractivity contribution in [1.29, 1.82) is 0 Å². The van der Waals surface area contributed by atoms with Crippen LogP contribution in [0.5, 0.6) is 0 Å². The van der Waals surface area contributed by atoms with E-state index in [9.17, 15) is 0 Å². The van der Waals surface area contributed by atoms with Crippen LogP contribution in [-0.2, 0) is 0 Å². The van der Waals surface area contributed by atoms with E-state index in [2.05, 4.69) is 41.4 Å². The Morgan fingerprint density at radius 3 is 1.83 bits per heavy atom. The quantitative estimate of drug-likeness (QED) is 0.555. The van der Waals surface area contributed by atoms with Crippen LogP contribution in [0, 0.1) is 0 Å². The maximum atomic E-state index is 2.41. The summed E-state index contributed by atoms with van der Waals surface area (Å²) in [5.74, 6) is 0. The summed E-state index contributed by atoms with van der Waals surface area (Å²) in [4.78, 5) is 0. The largest absolute Gasteiger partial charge is 0.112 e. The minimum Gasteiger partial charge on any atom is -0.0915 e. The molecule has 0 aliphatic heterocycles. The van der Waals surface area contributed by atoms with Gasteiger partial charge < -0.3 is 0 Å². The lowest BCUT2D eigenvalue weighted by molar-refractivity contribution is 0.748. The fourth-order valence-electron chi connectivity index (χ4n) is 1.89. The molecule has 0 spiro atoms. The molecular weight excluding hydrogens is 142 g/mol. The van der Waals surface area contributed by atoms with E-state index in [-0.39, 0.29) is 0 Å². The third-order valence-electron chi connectivity index (χ3n) is 3.26. The molecule has 0 atom stereocenters. The normalized spacial score (nSPS) is 11.5. The van der Waals surface area contributed by atoms with Crippen LogP contribution in [0.15, 0.2) is 0 Å². The third kappa shape index (κ3) is 3.69. The molecule has 0 amide bonds. The molecule has 12 heavy (non-hydrogen) atoms. The molecule has 0 nitrogen and oxygen atoms in total. The number of rotatable bonds is 4. The van der Waals surface area contributed by atoms with Gasteiger partial charge in [0.25, 0.3) is 0 Å². The zero-order valence-corrected chi connectivity index (χ0v) is 9.78. The van der Waals surface area contributed by atoms with E-state index in [0.717, 1.165) is 13.2 Å². The van der Waals surface area contributed by atoms with Gasteiger partial charge in [0, 0.05) is 0 Å². The molecule has 0 saturated heterocycles. The first kappa shape index (κ1) is 12.1. The van der Waals surface area contributed by atoms with Crippen LogP contribution in [0.2, 0.25) is 24.8 Å². The molecule has 0 N–H and O–H groups in total. The van der Waals surface area contributed by atoms with Crippen molar-refractivity contribution in [1.82, 2.24) is 0 Å². The lowest BCUT2D eigenvalue weighted by Crippen LogP contribution is -2.39. The zero-order chi connectivity index (χ0) is 9.78. The first-order chi connectivity index (χ1) is 5.43. The molecule has 2 heteroatoms. The minimum absolute atomic E-state index is 0.482. The van der Waals surface area contributed by atoms with Gasteiger partial charge in [-0.15, -0.1) is 0 Å². The summed E-state index contributed by atoms with van der Waals surface area (Å²) in [7, 11) is 0. The van der Waals surface area contributed by atoms with Crippen LogP contribution in [0.4, 0.5) is 0 Å². The Morgan fingerprint density at radius 2 is 1.58 bits per heavy atom. The highest BCUT2D eigenvalue weighted by Crippen LogP contribution is 2.30. The van der Waals surface area contributed by atoms with Gasteiger partial charge >= 0.3 is 0 Å². The van der Waals surface area contributed by atoms with Gasteiger partial charge in [-0.3, -0.25) is 0 Å². The van der Waals surface area contributed by atoms with Crippen molar-refractivity contribution in [3.63, 3.8) is 0 Å². The summed E-state index contributed by atoms with van der Waals surface area (Å²) in [5, 5.41) is 0.482. The summed E-state index contributed by atoms with van der Waals surface area (Å²) in [5.41, 5.74) is 0. The van der Waals surface area contributed by atoms with E-state index in [4.69, 9.17) is 0 Å². The van der Waals surface area contributed by atoms with Crippen molar-refractivity contribution in [2.24, 2.45) is 0 Å². The number of hydrogen-bond acceptors (Lipinski definition) is 0. The average Bonchev–Trinajstić information content (AvgIpc) is 1.97. The molecule has 70 valence electrons. The van der Waals surface area contributed by atoms with E-state index >= 15 is 0 Å². The molecule has 0 aromatic heterocycles. The molecule has 0 fully saturated rings. The second-order valence-electron chi connectivity index (χ2n) is 5.11. The zero-order valence-electron chi connectivity index (χ0n) is 9.78. The molecule has 0 rings (SSSR count). The third-order valence-corrected chi connectivity index (χ3v) is 3.26. The highest BCUT2D eigenvalue weighted by Gasteiger charge is 2.31. The summed E-state index contributed by atoms with van der Waals surface area (Å²) in [6.07, 6.45) is 4.07. The smallest absolute Gasteiger partial charge is 0.0915 e. The first-order valence-corrected chi connectivity index (χ1v) is 5.43. The van der Waals surface area contributed by atoms with Gasteiger partial charge in [-0.1, -0.05) is 65.8 Å². The molecule has 0 bridgehead atoms. The van der Waals surface area contributed by atoms with Gasteiger partial charge in [0.05, 0.1) is 0 Å². The molecule has 0 aromatic carbocycles. The molecule has 0 radical (unpaired) electrons. The fourth-order valence-corrected chi connectivity index (χ4v) is 1.89. The second kappa shape index (κ2) is 4.99. The van der Waals surface area contributed by atoms with Crippen molar-refractivity contribution in [3.05, 3.63) is 0 Å². The maximum Gasteiger partial charge on any atom is 0.112 e. The van der Waals surface area contributed by atoms with Crippen molar-refractivity contribution in [2.75, 3.05) is 0 Å². The second-order valence-corrected chi connectivity index (χ2v) is 5.11. The molecular formula is C10H24B2. The van der Waals surface area contributed by atoms with E-state index in [1.54, 1.807) is 0 Å². The predicted molar refractivity (Wildman–Crippen MR) is 62.7 cm³/mol. The summed E-state index contributed by atoms with van der Waals surface area (Å²) in [6, 6.07) is 0. The van der Waals surface area contributed by atoms with Crippen molar-refractivity contribution >= 4 is 13.2 Å². The summed E-state index contributed by atoms with van der Waals surface area (Å²) in [6.45, 7) is 15.9. The molecule has 0 aromatic rings. The molecule has 0 aliphatic carbocycles. The fraction of sp³-hybridized carbons (Fsp3) is 1.00. The predicted octanol–water partition coefficient (Wildman–Crippen LogP) is 3.91. The maximum absolute atomic E-state index is 2.41. The van der Waals surface area contributed by atoms with Gasteiger partial charge in [0.2, 0.25) is 0 Å². The molecule has 0 saturated carbocycles. The van der Waals surface area contributed by atoms with Crippen LogP contribution >= 0.6 is 0 Å². The van der Waals surface area contributed by atoms with E-state index in [1.165, 1.54) is 19.1 Å². The molecule has 0 heterocycles. The lowest BCUT2D eigenvalue weighted by Gasteiger charge is -2.29. The summed E-state index contributed by atoms with van der Waals surface area (Å²) < 4.78 is 0. The van der Waals surface area contributed by atoms with Crippen LogP contribution < -0.4 is 0 Å². The topological polar surface area (TPSA) is 0 Å². The van der Waals surface area contributed by atoms with Crippen molar-refractivity contribution in [2.45, 2.75) is 65.8 Å². The van der Waals surface area contributed by atoms with Crippen molar-refractivity contribution in [3.8, 4) is 0 Å². The number of hydrogen-bond donors (Lipinski definition) is 0. The summed E-state index contributed by atoms with van der Waals surface area (Å²) >= 11 is 0. The van der Waals surface area contributed by atoms with Gasteiger partial charge in [-0.2, -0.15) is 0 Å². The van der Waals surface area contributed by atoms with Gasteiger partial charge in [-0.25, -0.2) is 0 Å². The lowest BCUT2D eigenvalue weighted by atomic mass is 9.02. The minimum atomic E-state index is 0.482. The average molecular weight is 166 g/mol. The first-order valence-electron chi connectivity index (χ1n) is 5.43. The van der Waals surface area contributed by atoms with Crippen LogP contribution in [0.25, 0.3) is 0 Å². The Morgan fingerprint density at radius 1 is 1.08 bits per heavy atom. The van der Waals surface area contributed by atoms with Gasteiger partial charge in [-0.05, 0) is 0 Å². The monoisotopic (exact) mass is 166 g/mol. The Balaban J connectivity index is 4.11. The van der Waals surface area contributed by atoms with Crippen LogP contribution in [-0.4, -0.2) is 13.2 Å². The van der Waals surface area contributed by atoms with E-state index in [1.807, 2.05) is 0 Å². The van der Waals surface area contributed by atoms with E-state index in [0.29, 0.717) is 5.31 Å². The molecule has 0 unspecified atom stereocenters. The van der Waals surface area contributed by atoms with Crippen LogP contribution in [0.1, 0.15) is 41.0 Å². The Hall–Kier alpha value is 0.130. The van der Waals surface area contributed by atoms with Crippen LogP contribution in [0.3, 0.4) is 0 Å². The van der Waals surface area contributed by atoms with Gasteiger partial charge in [0.15, 0.2) is 0 Å². The van der Waals surface area contributed by atoms with Gasteiger partial charge in [0.1, 0.15) is 13.2 Å². The van der Waals surface area contributed by atoms with E-state index < -0.39 is 0 Å². The highest BCUT2D eigenvalue weighted by molar-refractivity contribution is 7.23. The molecule has 0 aliphatic rings. The standard InChI is InChI=1S/C10H24B2/c1-7-9-12(8-2)11(6)10(3,4)5/h7-9H2,1-6H3. The Labute approximate surface area is 79.7 Å². The Bertz CT molecular complexity index is 115. The van der Waals surface area contributed by atoms with Crippen molar-refractivity contribution < 1.29 is 0 Å². The SMILES string of the molecule is CCCB(CC)B(C)C(C)(C)C. The highest BCUT2D eigenvalue weighted by atomic mass is 14.0. The Kier molecular flexibility index (Phi) is 5.04.